The summed E-state index contributed by atoms with van der Waals surface area (Å²) >= 11 is 3.52. The second kappa shape index (κ2) is 6.22. The Bertz CT molecular complexity index is 549. The molecule has 2 aromatic rings. The molecule has 0 amide bonds. The lowest BCUT2D eigenvalue weighted by Gasteiger charge is -2.23. The highest BCUT2D eigenvalue weighted by atomic mass is 79.9. The average Bonchev–Trinajstić information content (AvgIpc) is 2.46. The molecule has 0 spiro atoms. The molecule has 2 nitrogen and oxygen atoms in total. The van der Waals surface area contributed by atoms with Crippen LogP contribution in [0.2, 0.25) is 0 Å². The van der Waals surface area contributed by atoms with Gasteiger partial charge in [-0.3, -0.25) is 0 Å². The fourth-order valence-electron chi connectivity index (χ4n) is 2.12. The minimum Gasteiger partial charge on any atom is -0.344 e. The van der Waals surface area contributed by atoms with Crippen molar-refractivity contribution in [1.82, 2.24) is 0 Å². The summed E-state index contributed by atoms with van der Waals surface area (Å²) in [5.41, 5.74) is 10.6. The van der Waals surface area contributed by atoms with Crippen LogP contribution in [0.5, 0.6) is 0 Å². The molecule has 2 aromatic carbocycles. The molecule has 0 aliphatic rings. The first-order valence-electron chi connectivity index (χ1n) is 6.47. The van der Waals surface area contributed by atoms with Crippen LogP contribution in [0.25, 0.3) is 0 Å². The van der Waals surface area contributed by atoms with Gasteiger partial charge in [-0.1, -0.05) is 41.1 Å². The minimum absolute atomic E-state index is 0.542. The summed E-state index contributed by atoms with van der Waals surface area (Å²) in [6.07, 6.45) is 1.06. The molecule has 0 unspecified atom stereocenters. The first-order chi connectivity index (χ1) is 9.15. The Morgan fingerprint density at radius 1 is 1.11 bits per heavy atom. The largest absolute Gasteiger partial charge is 0.344 e. The van der Waals surface area contributed by atoms with Gasteiger partial charge in [-0.15, -0.1) is 0 Å². The highest BCUT2D eigenvalue weighted by Gasteiger charge is 2.09. The third-order valence-corrected chi connectivity index (χ3v) is 3.85. The van der Waals surface area contributed by atoms with Crippen LogP contribution in [0, 0.1) is 0 Å². The molecule has 100 valence electrons. The van der Waals surface area contributed by atoms with E-state index in [9.17, 15) is 0 Å². The zero-order valence-corrected chi connectivity index (χ0v) is 12.9. The summed E-state index contributed by atoms with van der Waals surface area (Å²) in [7, 11) is 2.07. The van der Waals surface area contributed by atoms with Gasteiger partial charge in [-0.2, -0.15) is 0 Å². The van der Waals surface area contributed by atoms with E-state index in [0.717, 1.165) is 22.1 Å². The number of nitrogens with two attached hydrogens (primary N) is 1. The zero-order chi connectivity index (χ0) is 13.8. The quantitative estimate of drug-likeness (QED) is 0.913. The van der Waals surface area contributed by atoms with Crippen LogP contribution >= 0.6 is 15.9 Å². The molecule has 2 rings (SSSR count). The van der Waals surface area contributed by atoms with Crippen molar-refractivity contribution in [3.05, 3.63) is 58.1 Å². The fraction of sp³-hybridized carbons (Fsp3) is 0.250. The van der Waals surface area contributed by atoms with Gasteiger partial charge in [0.1, 0.15) is 0 Å². The van der Waals surface area contributed by atoms with Crippen molar-refractivity contribution >= 4 is 27.3 Å². The van der Waals surface area contributed by atoms with Gasteiger partial charge in [0.05, 0.1) is 0 Å². The Morgan fingerprint density at radius 3 is 2.37 bits per heavy atom. The van der Waals surface area contributed by atoms with E-state index >= 15 is 0 Å². The molecule has 19 heavy (non-hydrogen) atoms. The number of halogens is 1. The summed E-state index contributed by atoms with van der Waals surface area (Å²) in [6.45, 7) is 2.71. The molecule has 0 radical (unpaired) electrons. The van der Waals surface area contributed by atoms with Crippen molar-refractivity contribution in [2.45, 2.75) is 19.9 Å². The van der Waals surface area contributed by atoms with Crippen LogP contribution < -0.4 is 10.6 Å². The summed E-state index contributed by atoms with van der Waals surface area (Å²) in [5, 5.41) is 0. The topological polar surface area (TPSA) is 29.3 Å². The SMILES string of the molecule is CCc1ccc(N(C)c2cc(Br)ccc2CN)cc1. The van der Waals surface area contributed by atoms with Crippen LogP contribution in [0.3, 0.4) is 0 Å². The van der Waals surface area contributed by atoms with Crippen LogP contribution in [-0.4, -0.2) is 7.05 Å². The third-order valence-electron chi connectivity index (χ3n) is 3.36. The summed E-state index contributed by atoms with van der Waals surface area (Å²) in [5.74, 6) is 0. The first-order valence-corrected chi connectivity index (χ1v) is 7.26. The number of benzene rings is 2. The van der Waals surface area contributed by atoms with E-state index in [1.165, 1.54) is 11.3 Å². The molecule has 0 aliphatic carbocycles. The fourth-order valence-corrected chi connectivity index (χ4v) is 2.47. The minimum atomic E-state index is 0.542. The molecule has 0 aliphatic heterocycles. The molecule has 0 saturated heterocycles. The van der Waals surface area contributed by atoms with Gasteiger partial charge in [-0.25, -0.2) is 0 Å². The average molecular weight is 319 g/mol. The molecule has 0 fully saturated rings. The van der Waals surface area contributed by atoms with Gasteiger partial charge in [-0.05, 0) is 41.8 Å². The Labute approximate surface area is 123 Å². The van der Waals surface area contributed by atoms with Gasteiger partial charge in [0, 0.05) is 29.4 Å². The zero-order valence-electron chi connectivity index (χ0n) is 11.4. The van der Waals surface area contributed by atoms with E-state index in [1.807, 2.05) is 6.07 Å². The number of hydrogen-bond donors (Lipinski definition) is 1. The van der Waals surface area contributed by atoms with Gasteiger partial charge in [0.15, 0.2) is 0 Å². The van der Waals surface area contributed by atoms with Gasteiger partial charge < -0.3 is 10.6 Å². The first kappa shape index (κ1) is 14.1. The molecular formula is C16H19BrN2. The van der Waals surface area contributed by atoms with Crippen molar-refractivity contribution in [2.24, 2.45) is 5.73 Å². The van der Waals surface area contributed by atoms with Crippen molar-refractivity contribution in [3.8, 4) is 0 Å². The van der Waals surface area contributed by atoms with Gasteiger partial charge in [0.2, 0.25) is 0 Å². The van der Waals surface area contributed by atoms with E-state index < -0.39 is 0 Å². The molecule has 0 saturated carbocycles. The number of nitrogens with zero attached hydrogens (tertiary/aromatic N) is 1. The van der Waals surface area contributed by atoms with Crippen molar-refractivity contribution in [1.29, 1.82) is 0 Å². The van der Waals surface area contributed by atoms with Crippen LogP contribution in [-0.2, 0) is 13.0 Å². The smallest absolute Gasteiger partial charge is 0.0464 e. The van der Waals surface area contributed by atoms with Crippen molar-refractivity contribution in [3.63, 3.8) is 0 Å². The molecule has 2 N–H and O–H groups in total. The second-order valence-electron chi connectivity index (χ2n) is 4.56. The van der Waals surface area contributed by atoms with Crippen LogP contribution in [0.4, 0.5) is 11.4 Å². The highest BCUT2D eigenvalue weighted by molar-refractivity contribution is 9.10. The molecular weight excluding hydrogens is 300 g/mol. The standard InChI is InChI=1S/C16H19BrN2/c1-3-12-4-8-15(9-5-12)19(2)16-10-14(17)7-6-13(16)11-18/h4-10H,3,11,18H2,1-2H3. The van der Waals surface area contributed by atoms with E-state index in [-0.39, 0.29) is 0 Å². The molecule has 0 bridgehead atoms. The third kappa shape index (κ3) is 3.17. The molecule has 0 heterocycles. The van der Waals surface area contributed by atoms with Crippen LogP contribution in [0.1, 0.15) is 18.1 Å². The Balaban J connectivity index is 2.36. The predicted molar refractivity (Wildman–Crippen MR) is 85.9 cm³/mol. The van der Waals surface area contributed by atoms with Gasteiger partial charge in [0.25, 0.3) is 0 Å². The second-order valence-corrected chi connectivity index (χ2v) is 5.47. The lowest BCUT2D eigenvalue weighted by molar-refractivity contribution is 1.04. The summed E-state index contributed by atoms with van der Waals surface area (Å²) in [6, 6.07) is 14.9. The van der Waals surface area contributed by atoms with E-state index in [0.29, 0.717) is 6.54 Å². The Hall–Kier alpha value is -1.32. The number of rotatable bonds is 4. The summed E-state index contributed by atoms with van der Waals surface area (Å²) < 4.78 is 1.07. The monoisotopic (exact) mass is 318 g/mol. The molecule has 0 atom stereocenters. The van der Waals surface area contributed by atoms with Crippen molar-refractivity contribution in [2.75, 3.05) is 11.9 Å². The lowest BCUT2D eigenvalue weighted by Crippen LogP contribution is -2.13. The lowest BCUT2D eigenvalue weighted by atomic mass is 10.1. The number of anilines is 2. The van der Waals surface area contributed by atoms with E-state index in [1.54, 1.807) is 0 Å². The van der Waals surface area contributed by atoms with Crippen molar-refractivity contribution < 1.29 is 0 Å². The predicted octanol–water partition coefficient (Wildman–Crippen LogP) is 4.24. The maximum Gasteiger partial charge on any atom is 0.0464 e. The maximum atomic E-state index is 5.82. The Morgan fingerprint density at radius 2 is 1.79 bits per heavy atom. The maximum absolute atomic E-state index is 5.82. The number of aryl methyl sites for hydroxylation is 1. The van der Waals surface area contributed by atoms with Gasteiger partial charge >= 0.3 is 0 Å². The molecule has 0 aromatic heterocycles. The summed E-state index contributed by atoms with van der Waals surface area (Å²) in [4.78, 5) is 2.17. The van der Waals surface area contributed by atoms with Crippen LogP contribution in [0.15, 0.2) is 46.9 Å². The van der Waals surface area contributed by atoms with E-state index in [4.69, 9.17) is 5.73 Å². The Kier molecular flexibility index (Phi) is 4.61. The molecule has 3 heteroatoms. The highest BCUT2D eigenvalue weighted by Crippen LogP contribution is 2.29. The normalized spacial score (nSPS) is 10.5. The number of hydrogen-bond acceptors (Lipinski definition) is 2. The van der Waals surface area contributed by atoms with E-state index in [2.05, 4.69) is 71.2 Å².